The molecule has 1 aromatic carbocycles. The Kier molecular flexibility index (Phi) is 3.65. The number of benzene rings is 1. The number of ether oxygens (including phenoxy) is 1. The molecule has 1 aliphatic heterocycles. The van der Waals surface area contributed by atoms with Gasteiger partial charge in [0, 0.05) is 4.47 Å². The van der Waals surface area contributed by atoms with Crippen LogP contribution in [0.25, 0.3) is 0 Å². The molecule has 1 N–H and O–H groups in total. The molecule has 0 spiro atoms. The Morgan fingerprint density at radius 3 is 2.73 bits per heavy atom. The lowest BCUT2D eigenvalue weighted by molar-refractivity contribution is 0.162. The molecule has 3 heteroatoms. The average Bonchev–Trinajstić information content (AvgIpc) is 2.25. The Bertz CT molecular complexity index is 334. The Balaban J connectivity index is 2.00. The summed E-state index contributed by atoms with van der Waals surface area (Å²) in [7, 11) is 0. The highest BCUT2D eigenvalue weighted by atomic mass is 79.9. The van der Waals surface area contributed by atoms with Gasteiger partial charge in [0.05, 0.1) is 0 Å². The first-order valence-electron chi connectivity index (χ1n) is 5.39. The van der Waals surface area contributed by atoms with E-state index in [9.17, 15) is 0 Å². The Hall–Kier alpha value is -0.540. The van der Waals surface area contributed by atoms with E-state index in [0.29, 0.717) is 6.10 Å². The van der Waals surface area contributed by atoms with Gasteiger partial charge >= 0.3 is 0 Å². The van der Waals surface area contributed by atoms with Crippen LogP contribution in [0.1, 0.15) is 18.4 Å². The summed E-state index contributed by atoms with van der Waals surface area (Å²) >= 11 is 3.52. The van der Waals surface area contributed by atoms with Crippen molar-refractivity contribution in [2.45, 2.75) is 25.9 Å². The third-order valence-electron chi connectivity index (χ3n) is 2.73. The topological polar surface area (TPSA) is 21.3 Å². The largest absolute Gasteiger partial charge is 0.490 e. The minimum atomic E-state index is 0.376. The molecular formula is C12H16BrNO. The van der Waals surface area contributed by atoms with Gasteiger partial charge in [-0.15, -0.1) is 0 Å². The standard InChI is InChI=1S/C12H16BrNO/c1-9-2-3-11(8-12(9)13)15-10-4-6-14-7-5-10/h2-3,8,10,14H,4-7H2,1H3. The van der Waals surface area contributed by atoms with Gasteiger partial charge in [-0.05, 0) is 50.6 Å². The SMILES string of the molecule is Cc1ccc(OC2CCNCC2)cc1Br. The predicted molar refractivity (Wildman–Crippen MR) is 65.4 cm³/mol. The first-order valence-corrected chi connectivity index (χ1v) is 6.18. The Morgan fingerprint density at radius 2 is 2.07 bits per heavy atom. The second-order valence-corrected chi connectivity index (χ2v) is 4.83. The van der Waals surface area contributed by atoms with Crippen molar-refractivity contribution >= 4 is 15.9 Å². The summed E-state index contributed by atoms with van der Waals surface area (Å²) in [5.41, 5.74) is 1.24. The maximum Gasteiger partial charge on any atom is 0.120 e. The van der Waals surface area contributed by atoms with E-state index in [1.807, 2.05) is 6.07 Å². The quantitative estimate of drug-likeness (QED) is 0.892. The van der Waals surface area contributed by atoms with Gasteiger partial charge in [-0.1, -0.05) is 22.0 Å². The number of rotatable bonds is 2. The molecule has 1 heterocycles. The lowest BCUT2D eigenvalue weighted by Gasteiger charge is -2.24. The molecular weight excluding hydrogens is 254 g/mol. The van der Waals surface area contributed by atoms with Crippen molar-refractivity contribution in [2.75, 3.05) is 13.1 Å². The van der Waals surface area contributed by atoms with Crippen molar-refractivity contribution < 1.29 is 4.74 Å². The van der Waals surface area contributed by atoms with Gasteiger partial charge in [-0.25, -0.2) is 0 Å². The number of hydrogen-bond acceptors (Lipinski definition) is 2. The first kappa shape index (κ1) is 11.0. The Morgan fingerprint density at radius 1 is 1.33 bits per heavy atom. The average molecular weight is 270 g/mol. The predicted octanol–water partition coefficient (Wildman–Crippen LogP) is 2.89. The van der Waals surface area contributed by atoms with Crippen LogP contribution in [-0.4, -0.2) is 19.2 Å². The zero-order valence-corrected chi connectivity index (χ0v) is 10.5. The smallest absolute Gasteiger partial charge is 0.120 e. The second kappa shape index (κ2) is 4.99. The molecule has 0 aliphatic carbocycles. The van der Waals surface area contributed by atoms with Crippen LogP contribution < -0.4 is 10.1 Å². The van der Waals surface area contributed by atoms with Crippen LogP contribution in [0.4, 0.5) is 0 Å². The summed E-state index contributed by atoms with van der Waals surface area (Å²) in [6, 6.07) is 6.18. The molecule has 2 nitrogen and oxygen atoms in total. The van der Waals surface area contributed by atoms with Crippen molar-refractivity contribution in [3.63, 3.8) is 0 Å². The van der Waals surface area contributed by atoms with Crippen molar-refractivity contribution in [3.8, 4) is 5.75 Å². The van der Waals surface area contributed by atoms with Gasteiger partial charge in [0.15, 0.2) is 0 Å². The molecule has 82 valence electrons. The summed E-state index contributed by atoms with van der Waals surface area (Å²) in [5, 5.41) is 3.33. The minimum absolute atomic E-state index is 0.376. The van der Waals surface area contributed by atoms with Gasteiger partial charge in [-0.3, -0.25) is 0 Å². The van der Waals surface area contributed by atoms with E-state index in [1.54, 1.807) is 0 Å². The maximum atomic E-state index is 5.92. The second-order valence-electron chi connectivity index (χ2n) is 3.98. The van der Waals surface area contributed by atoms with E-state index < -0.39 is 0 Å². The van der Waals surface area contributed by atoms with Crippen LogP contribution in [0.15, 0.2) is 22.7 Å². The molecule has 1 aliphatic rings. The van der Waals surface area contributed by atoms with E-state index in [1.165, 1.54) is 5.56 Å². The molecule has 0 aromatic heterocycles. The zero-order valence-electron chi connectivity index (χ0n) is 8.92. The van der Waals surface area contributed by atoms with E-state index in [0.717, 1.165) is 36.2 Å². The van der Waals surface area contributed by atoms with Crippen LogP contribution >= 0.6 is 15.9 Å². The van der Waals surface area contributed by atoms with Gasteiger partial charge in [0.2, 0.25) is 0 Å². The number of hydrogen-bond donors (Lipinski definition) is 1. The fourth-order valence-corrected chi connectivity index (χ4v) is 2.11. The van der Waals surface area contributed by atoms with Crippen molar-refractivity contribution in [3.05, 3.63) is 28.2 Å². The van der Waals surface area contributed by atoms with Crippen LogP contribution in [0.3, 0.4) is 0 Å². The monoisotopic (exact) mass is 269 g/mol. The van der Waals surface area contributed by atoms with Crippen LogP contribution in [0.2, 0.25) is 0 Å². The molecule has 0 atom stereocenters. The van der Waals surface area contributed by atoms with Crippen LogP contribution in [-0.2, 0) is 0 Å². The van der Waals surface area contributed by atoms with Crippen molar-refractivity contribution in [1.82, 2.24) is 5.32 Å². The third kappa shape index (κ3) is 2.95. The molecule has 0 saturated carbocycles. The minimum Gasteiger partial charge on any atom is -0.490 e. The molecule has 1 fully saturated rings. The third-order valence-corrected chi connectivity index (χ3v) is 3.59. The molecule has 1 aromatic rings. The highest BCUT2D eigenvalue weighted by Crippen LogP contribution is 2.24. The number of aryl methyl sites for hydroxylation is 1. The summed E-state index contributed by atoms with van der Waals surface area (Å²) in [4.78, 5) is 0. The van der Waals surface area contributed by atoms with E-state index >= 15 is 0 Å². The summed E-state index contributed by atoms with van der Waals surface area (Å²) < 4.78 is 7.04. The molecule has 2 rings (SSSR count). The normalized spacial score (nSPS) is 17.7. The molecule has 0 bridgehead atoms. The summed E-state index contributed by atoms with van der Waals surface area (Å²) in [6.07, 6.45) is 2.58. The van der Waals surface area contributed by atoms with Crippen LogP contribution in [0, 0.1) is 6.92 Å². The highest BCUT2D eigenvalue weighted by molar-refractivity contribution is 9.10. The first-order chi connectivity index (χ1) is 7.25. The van der Waals surface area contributed by atoms with Crippen LogP contribution in [0.5, 0.6) is 5.75 Å². The van der Waals surface area contributed by atoms with Gasteiger partial charge < -0.3 is 10.1 Å². The summed E-state index contributed by atoms with van der Waals surface area (Å²) in [6.45, 7) is 4.22. The number of halogens is 1. The lowest BCUT2D eigenvalue weighted by Crippen LogP contribution is -2.34. The maximum absolute atomic E-state index is 5.92. The number of piperidine rings is 1. The Labute approximate surface area is 99.1 Å². The van der Waals surface area contributed by atoms with Gasteiger partial charge in [0.1, 0.15) is 11.9 Å². The molecule has 0 radical (unpaired) electrons. The fraction of sp³-hybridized carbons (Fsp3) is 0.500. The number of nitrogens with one attached hydrogen (secondary N) is 1. The molecule has 0 amide bonds. The summed E-state index contributed by atoms with van der Waals surface area (Å²) in [5.74, 6) is 0.972. The van der Waals surface area contributed by atoms with Crippen molar-refractivity contribution in [2.24, 2.45) is 0 Å². The van der Waals surface area contributed by atoms with Gasteiger partial charge in [0.25, 0.3) is 0 Å². The zero-order chi connectivity index (χ0) is 10.7. The highest BCUT2D eigenvalue weighted by Gasteiger charge is 2.14. The lowest BCUT2D eigenvalue weighted by atomic mass is 10.1. The fourth-order valence-electron chi connectivity index (χ4n) is 1.75. The van der Waals surface area contributed by atoms with Crippen molar-refractivity contribution in [1.29, 1.82) is 0 Å². The van der Waals surface area contributed by atoms with E-state index in [2.05, 4.69) is 40.3 Å². The van der Waals surface area contributed by atoms with E-state index in [4.69, 9.17) is 4.74 Å². The molecule has 0 unspecified atom stereocenters. The molecule has 1 saturated heterocycles. The van der Waals surface area contributed by atoms with E-state index in [-0.39, 0.29) is 0 Å². The van der Waals surface area contributed by atoms with Gasteiger partial charge in [-0.2, -0.15) is 0 Å². The molecule has 15 heavy (non-hydrogen) atoms.